The molecule has 1 nitrogen and oxygen atoms in total. The topological polar surface area (TPSA) is 9.23 Å². The molecule has 0 atom stereocenters. The van der Waals surface area contributed by atoms with Crippen molar-refractivity contribution in [2.75, 3.05) is 0 Å². The highest BCUT2D eigenvalue weighted by Crippen LogP contribution is 1.99. The Hall–Kier alpha value is 0.184. The van der Waals surface area contributed by atoms with Gasteiger partial charge in [-0.2, -0.15) is 0 Å². The van der Waals surface area contributed by atoms with Gasteiger partial charge in [0.05, 0.1) is 0 Å². The highest BCUT2D eigenvalue weighted by atomic mass is 28.4. The van der Waals surface area contributed by atoms with Crippen LogP contribution >= 0.6 is 0 Å². The van der Waals surface area contributed by atoms with Crippen molar-refractivity contribution in [2.24, 2.45) is 0 Å². The Kier molecular flexibility index (Phi) is 11.3. The van der Waals surface area contributed by atoms with E-state index >= 15 is 0 Å². The van der Waals surface area contributed by atoms with Crippen LogP contribution < -0.4 is 0 Å². The molecule has 0 unspecified atom stereocenters. The second-order valence-corrected chi connectivity index (χ2v) is 7.96. The normalized spacial score (nSPS) is 10.7. The summed E-state index contributed by atoms with van der Waals surface area (Å²) in [7, 11) is -3.10. The van der Waals surface area contributed by atoms with Crippen molar-refractivity contribution in [3.05, 3.63) is 0 Å². The van der Waals surface area contributed by atoms with Crippen molar-refractivity contribution in [3.63, 3.8) is 0 Å². The van der Waals surface area contributed by atoms with Gasteiger partial charge < -0.3 is 4.12 Å². The first-order valence-electron chi connectivity index (χ1n) is 2.26. The first kappa shape index (κ1) is 16.1. The van der Waals surface area contributed by atoms with E-state index in [1.807, 2.05) is 19.6 Å². The maximum Gasteiger partial charge on any atom is 0.343 e. The summed E-state index contributed by atoms with van der Waals surface area (Å²) in [6, 6.07) is 0. The van der Waals surface area contributed by atoms with Gasteiger partial charge in [-0.1, -0.05) is 0 Å². The minimum atomic E-state index is -1.63. The largest absolute Gasteiger partial charge is 0.438 e. The van der Waals surface area contributed by atoms with E-state index in [0.29, 0.717) is 0 Å². The van der Waals surface area contributed by atoms with E-state index in [1.54, 1.807) is 0 Å². The van der Waals surface area contributed by atoms with Crippen LogP contribution in [0.2, 0.25) is 19.6 Å². The van der Waals surface area contributed by atoms with Gasteiger partial charge in [-0.25, -0.2) is 0 Å². The molecule has 0 bridgehead atoms. The molecule has 6 heteroatoms. The van der Waals surface area contributed by atoms with Crippen LogP contribution in [0.3, 0.4) is 0 Å². The van der Waals surface area contributed by atoms with Crippen molar-refractivity contribution >= 4 is 18.4 Å². The number of halogens is 3. The van der Waals surface area contributed by atoms with E-state index in [1.165, 1.54) is 0 Å². The van der Waals surface area contributed by atoms with Crippen molar-refractivity contribution in [3.8, 4) is 0 Å². The molecule has 60 valence electrons. The summed E-state index contributed by atoms with van der Waals surface area (Å²) in [4.78, 5) is 0. The molecule has 0 fully saturated rings. The predicted octanol–water partition coefficient (Wildman–Crippen LogP) is 1.11. The van der Waals surface area contributed by atoms with Gasteiger partial charge in [-0.15, -0.1) is 0 Å². The fraction of sp³-hybridized carbons (Fsp3) is 1.00. The lowest BCUT2D eigenvalue weighted by Gasteiger charge is -2.12. The molecule has 0 aromatic heterocycles. The van der Waals surface area contributed by atoms with Gasteiger partial charge in [0, 0.05) is 0 Å². The van der Waals surface area contributed by atoms with Gasteiger partial charge >= 0.3 is 10.1 Å². The maximum absolute atomic E-state index is 11.4. The Labute approximate surface area is 56.6 Å². The minimum Gasteiger partial charge on any atom is -0.438 e. The summed E-state index contributed by atoms with van der Waals surface area (Å²) in [5.41, 5.74) is 0. The van der Waals surface area contributed by atoms with Crippen LogP contribution in [-0.4, -0.2) is 18.4 Å². The predicted molar refractivity (Wildman–Crippen MR) is 39.1 cm³/mol. The summed E-state index contributed by atoms with van der Waals surface area (Å²) in [6.45, 7) is 5.96. The Balaban J connectivity index is -0.000000180. The lowest BCUT2D eigenvalue weighted by molar-refractivity contribution is 0.537. The standard InChI is InChI=1S/C3H11FOSi2.2FH/c1-7(2,3)5-6-4;;/h6H2,1-3H3;2*1H. The van der Waals surface area contributed by atoms with Gasteiger partial charge in [-0.3, -0.25) is 13.5 Å². The molecule has 0 saturated heterocycles. The lowest BCUT2D eigenvalue weighted by atomic mass is 11.8. The third-order valence-corrected chi connectivity index (χ3v) is 4.39. The third kappa shape index (κ3) is 17.9. The van der Waals surface area contributed by atoms with Gasteiger partial charge in [0.25, 0.3) is 0 Å². The highest BCUT2D eigenvalue weighted by molar-refractivity contribution is 6.73. The van der Waals surface area contributed by atoms with Gasteiger partial charge in [-0.05, 0) is 19.6 Å². The van der Waals surface area contributed by atoms with Crippen molar-refractivity contribution in [2.45, 2.75) is 19.6 Å². The Morgan fingerprint density at radius 3 is 1.56 bits per heavy atom. The zero-order chi connectivity index (χ0) is 5.91. The zero-order valence-electron chi connectivity index (χ0n) is 5.81. The quantitative estimate of drug-likeness (QED) is 0.455. The van der Waals surface area contributed by atoms with E-state index in [0.717, 1.165) is 0 Å². The van der Waals surface area contributed by atoms with Crippen LogP contribution in [0, 0.1) is 0 Å². The molecule has 0 aliphatic heterocycles. The smallest absolute Gasteiger partial charge is 0.343 e. The molecule has 0 aromatic carbocycles. The van der Waals surface area contributed by atoms with Crippen molar-refractivity contribution < 1.29 is 17.6 Å². The average molecular weight is 178 g/mol. The lowest BCUT2D eigenvalue weighted by Crippen LogP contribution is -2.25. The Morgan fingerprint density at radius 2 is 1.56 bits per heavy atom. The SMILES string of the molecule is C[Si](C)(C)O[SiH2]F.F.F. The van der Waals surface area contributed by atoms with E-state index < -0.39 is 18.4 Å². The molecule has 0 amide bonds. The van der Waals surface area contributed by atoms with Gasteiger partial charge in [0.2, 0.25) is 0 Å². The van der Waals surface area contributed by atoms with Crippen LogP contribution in [0.4, 0.5) is 13.5 Å². The molecule has 9 heavy (non-hydrogen) atoms. The van der Waals surface area contributed by atoms with Crippen molar-refractivity contribution in [1.29, 1.82) is 0 Å². The molecular formula is C3H13F3OSi2. The molecule has 0 aliphatic rings. The molecule has 0 aromatic rings. The van der Waals surface area contributed by atoms with Crippen LogP contribution in [-0.2, 0) is 4.12 Å². The molecule has 0 saturated carbocycles. The van der Waals surface area contributed by atoms with Crippen LogP contribution in [0.15, 0.2) is 0 Å². The van der Waals surface area contributed by atoms with Crippen LogP contribution in [0.1, 0.15) is 0 Å². The summed E-state index contributed by atoms with van der Waals surface area (Å²) in [5, 5.41) is 0. The molecule has 0 N–H and O–H groups in total. The first-order valence-corrected chi connectivity index (χ1v) is 6.78. The fourth-order valence-electron chi connectivity index (χ4n) is 0.164. The average Bonchev–Trinajstić information content (AvgIpc) is 1.30. The number of hydrogen-bond donors (Lipinski definition) is 0. The van der Waals surface area contributed by atoms with E-state index in [4.69, 9.17) is 4.12 Å². The highest BCUT2D eigenvalue weighted by Gasteiger charge is 2.12. The molecule has 0 spiro atoms. The molecule has 0 rings (SSSR count). The van der Waals surface area contributed by atoms with Crippen LogP contribution in [0.5, 0.6) is 0 Å². The summed E-state index contributed by atoms with van der Waals surface area (Å²) < 4.78 is 16.3. The fourth-order valence-corrected chi connectivity index (χ4v) is 1.47. The van der Waals surface area contributed by atoms with Gasteiger partial charge in [0.1, 0.15) is 0 Å². The molecule has 0 heterocycles. The molecular weight excluding hydrogens is 165 g/mol. The Bertz CT molecular complexity index is 55.5. The molecule has 0 radical (unpaired) electrons. The number of hydrogen-bond acceptors (Lipinski definition) is 1. The summed E-state index contributed by atoms with van der Waals surface area (Å²) in [6.07, 6.45) is 0. The minimum absolute atomic E-state index is 0. The maximum atomic E-state index is 11.4. The summed E-state index contributed by atoms with van der Waals surface area (Å²) in [5.74, 6) is 0. The van der Waals surface area contributed by atoms with E-state index in [-0.39, 0.29) is 9.41 Å². The van der Waals surface area contributed by atoms with E-state index in [2.05, 4.69) is 0 Å². The molecule has 0 aliphatic carbocycles. The van der Waals surface area contributed by atoms with Crippen LogP contribution in [0.25, 0.3) is 0 Å². The van der Waals surface area contributed by atoms with Crippen molar-refractivity contribution in [1.82, 2.24) is 0 Å². The third-order valence-electron chi connectivity index (χ3n) is 0.488. The second-order valence-electron chi connectivity index (χ2n) is 2.37. The number of rotatable bonds is 2. The monoisotopic (exact) mass is 178 g/mol. The first-order chi connectivity index (χ1) is 3.06. The summed E-state index contributed by atoms with van der Waals surface area (Å²) >= 11 is 0. The zero-order valence-corrected chi connectivity index (χ0v) is 8.22. The van der Waals surface area contributed by atoms with Gasteiger partial charge in [0.15, 0.2) is 8.32 Å². The van der Waals surface area contributed by atoms with E-state index in [9.17, 15) is 4.11 Å². The second kappa shape index (κ2) is 6.31. The Morgan fingerprint density at radius 1 is 1.22 bits per heavy atom.